The number of rotatable bonds is 6. The molecule has 0 atom stereocenters. The number of nitrogens with zero attached hydrogens (tertiary/aromatic N) is 2. The van der Waals surface area contributed by atoms with Crippen LogP contribution in [-0.2, 0) is 10.2 Å². The topological polar surface area (TPSA) is 99.8 Å². The molecule has 1 fully saturated rings. The molecule has 2 rings (SSSR count). The van der Waals surface area contributed by atoms with Gasteiger partial charge >= 0.3 is 0 Å². The van der Waals surface area contributed by atoms with Gasteiger partial charge in [0.2, 0.25) is 11.7 Å². The lowest BCUT2D eigenvalue weighted by molar-refractivity contribution is -0.121. The van der Waals surface area contributed by atoms with Crippen molar-refractivity contribution in [2.75, 3.05) is 6.54 Å². The minimum atomic E-state index is -0.315. The molecule has 1 aromatic rings. The maximum Gasteiger partial charge on any atom is 0.290 e. The molecule has 21 heavy (non-hydrogen) atoms. The molecular weight excluding hydrogens is 270 g/mol. The molecule has 0 saturated heterocycles. The Bertz CT molecular complexity index is 514. The molecule has 1 saturated carbocycles. The smallest absolute Gasteiger partial charge is 0.290 e. The number of carbonyl (C=O) groups is 2. The molecular formula is C14H23N5O2. The zero-order valence-electron chi connectivity index (χ0n) is 12.8. The van der Waals surface area contributed by atoms with Crippen LogP contribution in [-0.4, -0.2) is 39.6 Å². The quantitative estimate of drug-likeness (QED) is 0.678. The summed E-state index contributed by atoms with van der Waals surface area (Å²) in [5.74, 6) is 0.558. The van der Waals surface area contributed by atoms with Crippen molar-refractivity contribution in [3.63, 3.8) is 0 Å². The fourth-order valence-corrected chi connectivity index (χ4v) is 1.76. The van der Waals surface area contributed by atoms with Crippen LogP contribution in [0.4, 0.5) is 0 Å². The van der Waals surface area contributed by atoms with Gasteiger partial charge in [-0.15, -0.1) is 5.10 Å². The lowest BCUT2D eigenvalue weighted by Gasteiger charge is -2.12. The van der Waals surface area contributed by atoms with Crippen LogP contribution in [0.25, 0.3) is 0 Å². The van der Waals surface area contributed by atoms with Crippen LogP contribution in [0, 0.1) is 0 Å². The summed E-state index contributed by atoms with van der Waals surface area (Å²) in [7, 11) is 0. The van der Waals surface area contributed by atoms with Crippen LogP contribution in [0.15, 0.2) is 0 Å². The van der Waals surface area contributed by atoms with E-state index in [4.69, 9.17) is 0 Å². The van der Waals surface area contributed by atoms with E-state index in [9.17, 15) is 9.59 Å². The molecule has 1 aliphatic rings. The molecule has 0 aromatic carbocycles. The summed E-state index contributed by atoms with van der Waals surface area (Å²) in [5.41, 5.74) is -0.174. The highest BCUT2D eigenvalue weighted by Gasteiger charge is 2.23. The van der Waals surface area contributed by atoms with E-state index >= 15 is 0 Å². The second-order valence-electron chi connectivity index (χ2n) is 6.46. The van der Waals surface area contributed by atoms with Gasteiger partial charge in [0.15, 0.2) is 0 Å². The van der Waals surface area contributed by atoms with E-state index in [0.717, 1.165) is 12.8 Å². The summed E-state index contributed by atoms with van der Waals surface area (Å²) in [4.78, 5) is 27.5. The molecule has 0 radical (unpaired) electrons. The first-order valence-electron chi connectivity index (χ1n) is 7.36. The zero-order chi connectivity index (χ0) is 15.5. The highest BCUT2D eigenvalue weighted by Crippen LogP contribution is 2.18. The first-order chi connectivity index (χ1) is 9.86. The van der Waals surface area contributed by atoms with Crippen LogP contribution in [0.1, 0.15) is 62.9 Å². The Hall–Kier alpha value is -1.92. The van der Waals surface area contributed by atoms with Gasteiger partial charge in [-0.2, -0.15) is 0 Å². The van der Waals surface area contributed by atoms with Crippen molar-refractivity contribution in [3.8, 4) is 0 Å². The summed E-state index contributed by atoms with van der Waals surface area (Å²) in [6.07, 6.45) is 3.21. The molecule has 0 spiro atoms. The van der Waals surface area contributed by atoms with Crippen LogP contribution >= 0.6 is 0 Å². The van der Waals surface area contributed by atoms with Gasteiger partial charge in [0.1, 0.15) is 5.82 Å². The van der Waals surface area contributed by atoms with E-state index in [1.54, 1.807) is 0 Å². The van der Waals surface area contributed by atoms with Gasteiger partial charge in [-0.1, -0.05) is 20.8 Å². The second kappa shape index (κ2) is 6.24. The van der Waals surface area contributed by atoms with Gasteiger partial charge < -0.3 is 10.6 Å². The van der Waals surface area contributed by atoms with E-state index in [1.165, 1.54) is 0 Å². The number of aromatic nitrogens is 3. The predicted octanol–water partition coefficient (Wildman–Crippen LogP) is 0.891. The molecule has 2 amide bonds. The molecule has 116 valence electrons. The Kier molecular flexibility index (Phi) is 4.59. The number of hydrogen-bond acceptors (Lipinski definition) is 4. The van der Waals surface area contributed by atoms with Crippen molar-refractivity contribution in [2.45, 2.75) is 57.9 Å². The largest absolute Gasteiger partial charge is 0.353 e. The fraction of sp³-hybridized carbons (Fsp3) is 0.714. The van der Waals surface area contributed by atoms with E-state index in [0.29, 0.717) is 31.3 Å². The van der Waals surface area contributed by atoms with Crippen molar-refractivity contribution < 1.29 is 9.59 Å². The number of amides is 2. The Morgan fingerprint density at radius 2 is 2.05 bits per heavy atom. The van der Waals surface area contributed by atoms with E-state index in [2.05, 4.69) is 25.8 Å². The minimum absolute atomic E-state index is 0.0552. The van der Waals surface area contributed by atoms with Gasteiger partial charge in [0.25, 0.3) is 5.91 Å². The molecule has 7 nitrogen and oxygen atoms in total. The standard InChI is InChI=1S/C14H23N5O2/c1-14(2,3)13-17-11(18-19-13)12(21)15-8-4-5-10(20)16-9-6-7-9/h9H,4-8H2,1-3H3,(H,15,21)(H,16,20)(H,17,18,19). The van der Waals surface area contributed by atoms with Gasteiger partial charge in [-0.05, 0) is 19.3 Å². The maximum atomic E-state index is 11.9. The monoisotopic (exact) mass is 293 g/mol. The number of carbonyl (C=O) groups excluding carboxylic acids is 2. The molecule has 0 unspecified atom stereocenters. The third-order valence-electron chi connectivity index (χ3n) is 3.21. The average molecular weight is 293 g/mol. The lowest BCUT2D eigenvalue weighted by Crippen LogP contribution is -2.29. The van der Waals surface area contributed by atoms with Crippen LogP contribution < -0.4 is 10.6 Å². The number of aromatic amines is 1. The molecule has 1 heterocycles. The third kappa shape index (κ3) is 4.84. The summed E-state index contributed by atoms with van der Waals surface area (Å²) < 4.78 is 0. The highest BCUT2D eigenvalue weighted by molar-refractivity contribution is 5.90. The first kappa shape index (κ1) is 15.5. The Labute approximate surface area is 124 Å². The SMILES string of the molecule is CC(C)(C)c1nc(C(=O)NCCCC(=O)NC2CC2)n[nH]1. The van der Waals surface area contributed by atoms with E-state index in [-0.39, 0.29) is 23.1 Å². The molecule has 0 aliphatic heterocycles. The van der Waals surface area contributed by atoms with Crippen molar-refractivity contribution in [3.05, 3.63) is 11.6 Å². The second-order valence-corrected chi connectivity index (χ2v) is 6.46. The maximum absolute atomic E-state index is 11.9. The van der Waals surface area contributed by atoms with Crippen molar-refractivity contribution in [1.29, 1.82) is 0 Å². The summed E-state index contributed by atoms with van der Waals surface area (Å²) in [6, 6.07) is 0.385. The minimum Gasteiger partial charge on any atom is -0.353 e. The van der Waals surface area contributed by atoms with Crippen LogP contribution in [0.3, 0.4) is 0 Å². The van der Waals surface area contributed by atoms with Crippen molar-refractivity contribution in [2.24, 2.45) is 0 Å². The van der Waals surface area contributed by atoms with Gasteiger partial charge in [-0.3, -0.25) is 14.7 Å². The summed E-state index contributed by atoms with van der Waals surface area (Å²) >= 11 is 0. The number of nitrogens with one attached hydrogen (secondary N) is 3. The van der Waals surface area contributed by atoms with Gasteiger partial charge in [0, 0.05) is 24.4 Å². The van der Waals surface area contributed by atoms with Crippen LogP contribution in [0.5, 0.6) is 0 Å². The van der Waals surface area contributed by atoms with E-state index in [1.807, 2.05) is 20.8 Å². The number of hydrogen-bond donors (Lipinski definition) is 3. The van der Waals surface area contributed by atoms with Gasteiger partial charge in [-0.25, -0.2) is 4.98 Å². The predicted molar refractivity (Wildman–Crippen MR) is 77.8 cm³/mol. The lowest BCUT2D eigenvalue weighted by atomic mass is 9.96. The third-order valence-corrected chi connectivity index (χ3v) is 3.21. The Balaban J connectivity index is 1.69. The molecule has 1 aliphatic carbocycles. The molecule has 0 bridgehead atoms. The zero-order valence-corrected chi connectivity index (χ0v) is 12.8. The summed E-state index contributed by atoms with van der Waals surface area (Å²) in [5, 5.41) is 12.3. The number of H-pyrrole nitrogens is 1. The molecule has 1 aromatic heterocycles. The van der Waals surface area contributed by atoms with Crippen molar-refractivity contribution >= 4 is 11.8 Å². The van der Waals surface area contributed by atoms with Gasteiger partial charge in [0.05, 0.1) is 0 Å². The average Bonchev–Trinajstić information content (AvgIpc) is 3.05. The summed E-state index contributed by atoms with van der Waals surface area (Å²) in [6.45, 7) is 6.42. The van der Waals surface area contributed by atoms with E-state index < -0.39 is 0 Å². The fourth-order valence-electron chi connectivity index (χ4n) is 1.76. The Morgan fingerprint density at radius 1 is 1.33 bits per heavy atom. The highest BCUT2D eigenvalue weighted by atomic mass is 16.2. The molecule has 7 heteroatoms. The first-order valence-corrected chi connectivity index (χ1v) is 7.36. The van der Waals surface area contributed by atoms with Crippen LogP contribution in [0.2, 0.25) is 0 Å². The Morgan fingerprint density at radius 3 is 2.62 bits per heavy atom. The normalized spacial score (nSPS) is 14.8. The molecule has 3 N–H and O–H groups in total. The van der Waals surface area contributed by atoms with Crippen molar-refractivity contribution in [1.82, 2.24) is 25.8 Å².